The number of thiazole rings is 1. The molecular weight excluding hydrogens is 184 g/mol. The third-order valence-electron chi connectivity index (χ3n) is 1.84. The molecular formula is C9H16N2OS. The van der Waals surface area contributed by atoms with E-state index in [9.17, 15) is 0 Å². The third kappa shape index (κ3) is 3.74. The van der Waals surface area contributed by atoms with E-state index < -0.39 is 0 Å². The van der Waals surface area contributed by atoms with Crippen molar-refractivity contribution in [1.29, 1.82) is 0 Å². The zero-order valence-corrected chi connectivity index (χ0v) is 8.90. The minimum atomic E-state index is 0.264. The van der Waals surface area contributed by atoms with Crippen molar-refractivity contribution < 1.29 is 5.11 Å². The average molecular weight is 200 g/mol. The van der Waals surface area contributed by atoms with Gasteiger partial charge in [-0.25, -0.2) is 4.98 Å². The summed E-state index contributed by atoms with van der Waals surface area (Å²) in [5.41, 5.74) is 1.06. The SMILES string of the molecule is Cc1csc(NCC(C)CCO)n1. The first kappa shape index (κ1) is 10.5. The number of hydrogen-bond acceptors (Lipinski definition) is 4. The molecule has 1 heterocycles. The lowest BCUT2D eigenvalue weighted by Crippen LogP contribution is -2.12. The van der Waals surface area contributed by atoms with Crippen molar-refractivity contribution in [3.63, 3.8) is 0 Å². The van der Waals surface area contributed by atoms with Crippen molar-refractivity contribution in [3.05, 3.63) is 11.1 Å². The van der Waals surface area contributed by atoms with Crippen molar-refractivity contribution in [2.45, 2.75) is 20.3 Å². The minimum Gasteiger partial charge on any atom is -0.396 e. The number of aromatic nitrogens is 1. The summed E-state index contributed by atoms with van der Waals surface area (Å²) in [6.45, 7) is 5.25. The summed E-state index contributed by atoms with van der Waals surface area (Å²) in [6.07, 6.45) is 0.845. The van der Waals surface area contributed by atoms with Crippen molar-refractivity contribution in [3.8, 4) is 0 Å². The highest BCUT2D eigenvalue weighted by molar-refractivity contribution is 7.13. The average Bonchev–Trinajstić information content (AvgIpc) is 2.49. The normalized spacial score (nSPS) is 12.8. The van der Waals surface area contributed by atoms with E-state index in [1.54, 1.807) is 11.3 Å². The summed E-state index contributed by atoms with van der Waals surface area (Å²) in [4.78, 5) is 4.29. The monoisotopic (exact) mass is 200 g/mol. The van der Waals surface area contributed by atoms with Gasteiger partial charge in [0.1, 0.15) is 0 Å². The topological polar surface area (TPSA) is 45.1 Å². The van der Waals surface area contributed by atoms with Crippen LogP contribution in [0, 0.1) is 12.8 Å². The van der Waals surface area contributed by atoms with Gasteiger partial charge in [-0.1, -0.05) is 6.92 Å². The standard InChI is InChI=1S/C9H16N2OS/c1-7(3-4-12)5-10-9-11-8(2)6-13-9/h6-7,12H,3-5H2,1-2H3,(H,10,11). The summed E-state index contributed by atoms with van der Waals surface area (Å²) >= 11 is 1.62. The number of rotatable bonds is 5. The Hall–Kier alpha value is -0.610. The molecule has 1 aromatic heterocycles. The van der Waals surface area contributed by atoms with Gasteiger partial charge in [0.2, 0.25) is 0 Å². The lowest BCUT2D eigenvalue weighted by atomic mass is 10.1. The number of nitrogens with zero attached hydrogens (tertiary/aromatic N) is 1. The maximum Gasteiger partial charge on any atom is 0.182 e. The van der Waals surface area contributed by atoms with Crippen molar-refractivity contribution in [2.24, 2.45) is 5.92 Å². The van der Waals surface area contributed by atoms with Crippen molar-refractivity contribution in [1.82, 2.24) is 4.98 Å². The maximum atomic E-state index is 8.70. The lowest BCUT2D eigenvalue weighted by molar-refractivity contribution is 0.266. The Balaban J connectivity index is 2.26. The highest BCUT2D eigenvalue weighted by Crippen LogP contribution is 2.15. The summed E-state index contributed by atoms with van der Waals surface area (Å²) in [5.74, 6) is 0.495. The molecule has 1 aromatic rings. The van der Waals surface area contributed by atoms with Crippen LogP contribution in [0.15, 0.2) is 5.38 Å². The molecule has 0 bridgehead atoms. The first-order chi connectivity index (χ1) is 6.22. The number of aliphatic hydroxyl groups excluding tert-OH is 1. The van der Waals surface area contributed by atoms with Crippen molar-refractivity contribution >= 4 is 16.5 Å². The fourth-order valence-electron chi connectivity index (χ4n) is 1.02. The molecule has 0 aliphatic carbocycles. The molecule has 1 unspecified atom stereocenters. The molecule has 3 nitrogen and oxygen atoms in total. The zero-order valence-electron chi connectivity index (χ0n) is 8.08. The lowest BCUT2D eigenvalue weighted by Gasteiger charge is -2.09. The van der Waals surface area contributed by atoms with Gasteiger partial charge in [-0.05, 0) is 19.3 Å². The molecule has 0 aliphatic heterocycles. The summed E-state index contributed by atoms with van der Waals surface area (Å²) in [5, 5.41) is 14.9. The smallest absolute Gasteiger partial charge is 0.182 e. The van der Waals surface area contributed by atoms with E-state index in [1.807, 2.05) is 12.3 Å². The van der Waals surface area contributed by atoms with E-state index in [0.29, 0.717) is 5.92 Å². The second-order valence-electron chi connectivity index (χ2n) is 3.29. The summed E-state index contributed by atoms with van der Waals surface area (Å²) in [7, 11) is 0. The van der Waals surface area contributed by atoms with Crippen LogP contribution < -0.4 is 5.32 Å². The highest BCUT2D eigenvalue weighted by atomic mass is 32.1. The molecule has 0 spiro atoms. The van der Waals surface area contributed by atoms with E-state index in [-0.39, 0.29) is 6.61 Å². The molecule has 2 N–H and O–H groups in total. The van der Waals surface area contributed by atoms with Crippen LogP contribution in [0.3, 0.4) is 0 Å². The largest absolute Gasteiger partial charge is 0.396 e. The molecule has 0 fully saturated rings. The predicted octanol–water partition coefficient (Wildman–Crippen LogP) is 1.88. The maximum absolute atomic E-state index is 8.70. The molecule has 0 radical (unpaired) electrons. The first-order valence-corrected chi connectivity index (χ1v) is 5.37. The number of aryl methyl sites for hydroxylation is 1. The molecule has 0 saturated heterocycles. The molecule has 0 aromatic carbocycles. The van der Waals surface area contributed by atoms with Crippen LogP contribution in [0.2, 0.25) is 0 Å². The van der Waals surface area contributed by atoms with Crippen LogP contribution in [0.5, 0.6) is 0 Å². The number of hydrogen-bond donors (Lipinski definition) is 2. The van der Waals surface area contributed by atoms with Crippen LogP contribution >= 0.6 is 11.3 Å². The van der Waals surface area contributed by atoms with Gasteiger partial charge in [-0.2, -0.15) is 0 Å². The highest BCUT2D eigenvalue weighted by Gasteiger charge is 2.02. The number of nitrogens with one attached hydrogen (secondary N) is 1. The Bertz CT molecular complexity index is 250. The fourth-order valence-corrected chi connectivity index (χ4v) is 1.72. The Labute approximate surface area is 82.8 Å². The summed E-state index contributed by atoms with van der Waals surface area (Å²) in [6, 6.07) is 0. The molecule has 4 heteroatoms. The van der Waals surface area contributed by atoms with E-state index in [2.05, 4.69) is 17.2 Å². The first-order valence-electron chi connectivity index (χ1n) is 4.49. The Morgan fingerprint density at radius 2 is 2.46 bits per heavy atom. The second kappa shape index (κ2) is 5.19. The van der Waals surface area contributed by atoms with Gasteiger partial charge in [-0.3, -0.25) is 0 Å². The van der Waals surface area contributed by atoms with E-state index >= 15 is 0 Å². The molecule has 0 amide bonds. The Morgan fingerprint density at radius 1 is 1.69 bits per heavy atom. The molecule has 13 heavy (non-hydrogen) atoms. The Kier molecular flexibility index (Phi) is 4.18. The van der Waals surface area contributed by atoms with Crippen molar-refractivity contribution in [2.75, 3.05) is 18.5 Å². The van der Waals surface area contributed by atoms with Gasteiger partial charge in [0.15, 0.2) is 5.13 Å². The van der Waals surface area contributed by atoms with Gasteiger partial charge in [0.25, 0.3) is 0 Å². The predicted molar refractivity (Wildman–Crippen MR) is 56.2 cm³/mol. The van der Waals surface area contributed by atoms with Gasteiger partial charge in [0.05, 0.1) is 5.69 Å². The van der Waals surface area contributed by atoms with Crippen LogP contribution in [0.1, 0.15) is 19.0 Å². The Morgan fingerprint density at radius 3 is 3.00 bits per heavy atom. The van der Waals surface area contributed by atoms with Gasteiger partial charge >= 0.3 is 0 Å². The van der Waals surface area contributed by atoms with Gasteiger partial charge < -0.3 is 10.4 Å². The number of anilines is 1. The van der Waals surface area contributed by atoms with Gasteiger partial charge in [0, 0.05) is 18.5 Å². The minimum absolute atomic E-state index is 0.264. The molecule has 0 aliphatic rings. The molecule has 0 saturated carbocycles. The third-order valence-corrected chi connectivity index (χ3v) is 2.76. The zero-order chi connectivity index (χ0) is 9.68. The second-order valence-corrected chi connectivity index (χ2v) is 4.15. The molecule has 74 valence electrons. The molecule has 1 rings (SSSR count). The molecule has 1 atom stereocenters. The number of aliphatic hydroxyl groups is 1. The summed E-state index contributed by atoms with van der Waals surface area (Å²) < 4.78 is 0. The van der Waals surface area contributed by atoms with E-state index in [0.717, 1.165) is 23.8 Å². The van der Waals surface area contributed by atoms with E-state index in [4.69, 9.17) is 5.11 Å². The van der Waals surface area contributed by atoms with Crippen LogP contribution in [-0.2, 0) is 0 Å². The van der Waals surface area contributed by atoms with Crippen LogP contribution in [0.4, 0.5) is 5.13 Å². The van der Waals surface area contributed by atoms with Crippen LogP contribution in [0.25, 0.3) is 0 Å². The fraction of sp³-hybridized carbons (Fsp3) is 0.667. The van der Waals surface area contributed by atoms with E-state index in [1.165, 1.54) is 0 Å². The van der Waals surface area contributed by atoms with Gasteiger partial charge in [-0.15, -0.1) is 11.3 Å². The quantitative estimate of drug-likeness (QED) is 0.763. The van der Waals surface area contributed by atoms with Crippen LogP contribution in [-0.4, -0.2) is 23.2 Å².